The van der Waals surface area contributed by atoms with Crippen molar-refractivity contribution in [1.82, 2.24) is 4.90 Å². The molecule has 0 amide bonds. The normalized spacial score (nSPS) is 44.8. The summed E-state index contributed by atoms with van der Waals surface area (Å²) in [5, 5.41) is 0. The lowest BCUT2D eigenvalue weighted by molar-refractivity contribution is -0.224. The molecule has 4 heteroatoms. The second-order valence-electron chi connectivity index (χ2n) is 19.7. The summed E-state index contributed by atoms with van der Waals surface area (Å²) < 4.78 is 20.4. The van der Waals surface area contributed by atoms with Crippen LogP contribution in [0.1, 0.15) is 124 Å². The first-order valence-corrected chi connectivity index (χ1v) is 20.3. The maximum Gasteiger partial charge on any atom is 0.315 e. The van der Waals surface area contributed by atoms with Crippen LogP contribution in [-0.4, -0.2) is 36.2 Å². The first-order chi connectivity index (χ1) is 23.8. The Labute approximate surface area is 302 Å². The molecule has 1 aromatic carbocycles. The van der Waals surface area contributed by atoms with E-state index < -0.39 is 12.1 Å². The molecule has 0 radical (unpaired) electrons. The Kier molecular flexibility index (Phi) is 8.30. The van der Waals surface area contributed by atoms with Crippen molar-refractivity contribution in [2.75, 3.05) is 19.8 Å². The Bertz CT molecular complexity index is 1590. The van der Waals surface area contributed by atoms with Gasteiger partial charge in [-0.2, -0.15) is 0 Å². The van der Waals surface area contributed by atoms with Gasteiger partial charge in [-0.15, -0.1) is 0 Å². The Balaban J connectivity index is 1.04. The molecule has 0 N–H and O–H groups in total. The predicted octanol–water partition coefficient (Wildman–Crippen LogP) is 11.1. The predicted molar refractivity (Wildman–Crippen MR) is 201 cm³/mol. The molecule has 5 fully saturated rings. The summed E-state index contributed by atoms with van der Waals surface area (Å²) in [6, 6.07) is 9.72. The zero-order chi connectivity index (χ0) is 35.3. The molecule has 50 heavy (non-hydrogen) atoms. The highest BCUT2D eigenvalue weighted by Crippen LogP contribution is 2.77. The molecule has 8 rings (SSSR count). The number of carbonyl (C=O) groups is 1. The summed E-state index contributed by atoms with van der Waals surface area (Å²) in [5.41, 5.74) is 5.62. The summed E-state index contributed by atoms with van der Waals surface area (Å²) in [4.78, 5) is 16.2. The fourth-order valence-electron chi connectivity index (χ4n) is 14.7. The number of rotatable bonds is 7. The largest absolute Gasteiger partial charge is 0.460 e. The maximum absolute atomic E-state index is 14.7. The van der Waals surface area contributed by atoms with Crippen LogP contribution in [0.2, 0.25) is 0 Å². The summed E-state index contributed by atoms with van der Waals surface area (Å²) >= 11 is 0. The highest BCUT2D eigenvalue weighted by atomic mass is 19.1. The number of hydrogen-bond donors (Lipinski definition) is 0. The molecule has 1 aromatic rings. The van der Waals surface area contributed by atoms with Gasteiger partial charge < -0.3 is 4.74 Å². The van der Waals surface area contributed by atoms with Gasteiger partial charge in [0.05, 0.1) is 5.41 Å². The molecule has 0 aromatic heterocycles. The van der Waals surface area contributed by atoms with E-state index in [9.17, 15) is 9.18 Å². The summed E-state index contributed by atoms with van der Waals surface area (Å²) in [7, 11) is 0. The average molecular weight is 682 g/mol. The third-order valence-corrected chi connectivity index (χ3v) is 17.5. The molecule has 0 bridgehead atoms. The smallest absolute Gasteiger partial charge is 0.315 e. The number of ether oxygens (including phenoxy) is 1. The van der Waals surface area contributed by atoms with Crippen LogP contribution in [0.4, 0.5) is 4.39 Å². The number of alkyl halides is 1. The number of fused-ring (bicyclic) bond motifs is 7. The molecule has 272 valence electrons. The molecule has 1 unspecified atom stereocenters. The third kappa shape index (κ3) is 4.84. The number of esters is 1. The fraction of sp³-hybridized carbons (Fsp3) is 0.717. The Morgan fingerprint density at radius 2 is 1.64 bits per heavy atom. The highest BCUT2D eigenvalue weighted by Gasteiger charge is 2.71. The molecule has 6 aliphatic carbocycles. The fourth-order valence-corrected chi connectivity index (χ4v) is 14.7. The maximum atomic E-state index is 14.7. The third-order valence-electron chi connectivity index (χ3n) is 17.5. The Hall–Kier alpha value is -2.20. The minimum atomic E-state index is -1.07. The van der Waals surface area contributed by atoms with Crippen molar-refractivity contribution in [2.24, 2.45) is 56.7 Å². The molecule has 10 atom stereocenters. The van der Waals surface area contributed by atoms with E-state index in [1.54, 1.807) is 0 Å². The standard InChI is InChI=1S/C46H64FNO2/c1-31(2)34-17-24-46(48-27-28-48)26-25-43(6)36(39(34)46)13-14-38-42(5)20-18-35(41(3,4)37(42)19-21-44(38,43)7)33-15-22-45(30-47,23-16-33)40(49)50-29-32-11-9-8-10-12-32/h8-12,15,18,34,36-39H,1,13-14,16-17,19-30H2,2-7H3/t34-,36+,37-,38+,39?,42-,43+,44+,45+,46-/m0/s1. The van der Waals surface area contributed by atoms with Crippen LogP contribution in [0.15, 0.2) is 65.8 Å². The average Bonchev–Trinajstić information content (AvgIpc) is 3.88. The van der Waals surface area contributed by atoms with Gasteiger partial charge in [-0.3, -0.25) is 9.69 Å². The van der Waals surface area contributed by atoms with Crippen LogP contribution < -0.4 is 0 Å². The summed E-state index contributed by atoms with van der Waals surface area (Å²) in [6.45, 7) is 22.3. The monoisotopic (exact) mass is 681 g/mol. The molecule has 3 nitrogen and oxygen atoms in total. The van der Waals surface area contributed by atoms with Crippen molar-refractivity contribution in [3.8, 4) is 0 Å². The van der Waals surface area contributed by atoms with Crippen molar-refractivity contribution in [3.63, 3.8) is 0 Å². The van der Waals surface area contributed by atoms with Gasteiger partial charge in [0.25, 0.3) is 0 Å². The van der Waals surface area contributed by atoms with Gasteiger partial charge in [-0.05, 0) is 152 Å². The van der Waals surface area contributed by atoms with Gasteiger partial charge in [0, 0.05) is 18.6 Å². The van der Waals surface area contributed by atoms with Gasteiger partial charge >= 0.3 is 5.97 Å². The van der Waals surface area contributed by atoms with E-state index in [0.717, 1.165) is 36.2 Å². The molecule has 1 saturated heterocycles. The van der Waals surface area contributed by atoms with Gasteiger partial charge in [-0.25, -0.2) is 4.39 Å². The molecule has 1 aliphatic heterocycles. The quantitative estimate of drug-likeness (QED) is 0.163. The number of nitrogens with zero attached hydrogens (tertiary/aromatic N) is 1. The second-order valence-corrected chi connectivity index (χ2v) is 19.7. The van der Waals surface area contributed by atoms with Crippen LogP contribution in [0, 0.1) is 56.7 Å². The number of halogens is 1. The first-order valence-electron chi connectivity index (χ1n) is 20.3. The van der Waals surface area contributed by atoms with Crippen LogP contribution in [0.5, 0.6) is 0 Å². The van der Waals surface area contributed by atoms with Crippen molar-refractivity contribution in [3.05, 3.63) is 71.3 Å². The SMILES string of the molecule is C=C(C)[C@@H]1CC[C@]2(N3CC3)CC[C@]3(C)[C@H](CC[C@@H]4[C@@]5(C)CC=C(C6=CC[C@@](CF)(C(=O)OCc7ccccc7)CC6)C(C)(C)[C@@H]5CC[C@]43C)C12. The molecular weight excluding hydrogens is 618 g/mol. The zero-order valence-corrected chi connectivity index (χ0v) is 32.1. The Morgan fingerprint density at radius 3 is 2.30 bits per heavy atom. The second kappa shape index (κ2) is 11.9. The number of benzene rings is 1. The number of carbonyl (C=O) groups excluding carboxylic acids is 1. The van der Waals surface area contributed by atoms with E-state index >= 15 is 0 Å². The number of hydrogen-bond acceptors (Lipinski definition) is 3. The van der Waals surface area contributed by atoms with E-state index in [0.29, 0.717) is 41.0 Å². The zero-order valence-electron chi connectivity index (χ0n) is 32.1. The van der Waals surface area contributed by atoms with Gasteiger partial charge in [0.2, 0.25) is 0 Å². The van der Waals surface area contributed by atoms with E-state index in [4.69, 9.17) is 4.74 Å². The minimum Gasteiger partial charge on any atom is -0.460 e. The van der Waals surface area contributed by atoms with E-state index in [1.165, 1.54) is 81.2 Å². The van der Waals surface area contributed by atoms with E-state index in [2.05, 4.69) is 65.2 Å². The van der Waals surface area contributed by atoms with Crippen LogP contribution in [-0.2, 0) is 16.1 Å². The van der Waals surface area contributed by atoms with Crippen molar-refractivity contribution in [2.45, 2.75) is 131 Å². The lowest BCUT2D eigenvalue weighted by atomic mass is 9.33. The molecule has 4 saturated carbocycles. The topological polar surface area (TPSA) is 29.3 Å². The molecule has 0 spiro atoms. The van der Waals surface area contributed by atoms with Crippen LogP contribution in [0.3, 0.4) is 0 Å². The lowest BCUT2D eigenvalue weighted by Gasteiger charge is -2.72. The number of allylic oxidation sites excluding steroid dienone is 5. The van der Waals surface area contributed by atoms with Gasteiger partial charge in [0.15, 0.2) is 0 Å². The molecule has 1 heterocycles. The van der Waals surface area contributed by atoms with Crippen molar-refractivity contribution < 1.29 is 13.9 Å². The molecule has 7 aliphatic rings. The lowest BCUT2D eigenvalue weighted by Crippen LogP contribution is -2.67. The highest BCUT2D eigenvalue weighted by molar-refractivity contribution is 5.78. The Morgan fingerprint density at radius 1 is 0.880 bits per heavy atom. The van der Waals surface area contributed by atoms with Crippen LogP contribution in [0.25, 0.3) is 0 Å². The van der Waals surface area contributed by atoms with E-state index in [-0.39, 0.29) is 23.4 Å². The summed E-state index contributed by atoms with van der Waals surface area (Å²) in [5.74, 6) is 3.23. The first kappa shape index (κ1) is 34.9. The van der Waals surface area contributed by atoms with Gasteiger partial charge in [0.1, 0.15) is 13.3 Å². The van der Waals surface area contributed by atoms with Crippen molar-refractivity contribution >= 4 is 5.97 Å². The minimum absolute atomic E-state index is 0.0406. The van der Waals surface area contributed by atoms with E-state index in [1.807, 2.05) is 30.3 Å². The molecular formula is C46H64FNO2. The van der Waals surface area contributed by atoms with Crippen LogP contribution >= 0.6 is 0 Å². The summed E-state index contributed by atoms with van der Waals surface area (Å²) in [6.07, 6.45) is 18.5. The van der Waals surface area contributed by atoms with Crippen molar-refractivity contribution in [1.29, 1.82) is 0 Å². The van der Waals surface area contributed by atoms with Gasteiger partial charge in [-0.1, -0.05) is 89.3 Å².